The number of hydrogen-bond donors (Lipinski definition) is 1. The van der Waals surface area contributed by atoms with E-state index in [1.54, 1.807) is 0 Å². The molecule has 0 rings (SSSR count). The van der Waals surface area contributed by atoms with Crippen molar-refractivity contribution in [3.05, 3.63) is 0 Å². The van der Waals surface area contributed by atoms with E-state index in [4.69, 9.17) is 5.73 Å². The van der Waals surface area contributed by atoms with Crippen molar-refractivity contribution in [2.24, 2.45) is 5.73 Å². The Balaban J connectivity index is 0. The summed E-state index contributed by atoms with van der Waals surface area (Å²) in [6.07, 6.45) is 0. The molecule has 0 aromatic rings. The van der Waals surface area contributed by atoms with Crippen LogP contribution in [0.2, 0.25) is 0 Å². The summed E-state index contributed by atoms with van der Waals surface area (Å²) in [6, 6.07) is 0. The van der Waals surface area contributed by atoms with Crippen LogP contribution in [0, 0.1) is 0 Å². The zero-order valence-electron chi connectivity index (χ0n) is 2.69. The lowest BCUT2D eigenvalue weighted by atomic mass is 11.3. The average Bonchev–Trinajstić information content (AvgIpc) is 0.918. The van der Waals surface area contributed by atoms with Gasteiger partial charge in [0.1, 0.15) is 0 Å². The van der Waals surface area contributed by atoms with Gasteiger partial charge in [0.25, 0.3) is 0 Å². The molecule has 2 heteroatoms. The first-order valence-corrected chi connectivity index (χ1v) is 1.12. The third-order valence-corrected chi connectivity index (χ3v) is 0. The zero-order chi connectivity index (χ0) is 2.71. The van der Waals surface area contributed by atoms with Crippen molar-refractivity contribution in [3.63, 3.8) is 0 Å². The molecule has 0 heterocycles. The summed E-state index contributed by atoms with van der Waals surface area (Å²) in [5.74, 6) is 0. The molecule has 0 spiro atoms. The number of hydrogen-bond acceptors (Lipinski definition) is 1. The maximum absolute atomic E-state index is 4.85. The van der Waals surface area contributed by atoms with Gasteiger partial charge in [-0.25, -0.2) is 0 Å². The molecule has 0 saturated carbocycles. The summed E-state index contributed by atoms with van der Waals surface area (Å²) in [5.41, 5.74) is 4.85. The van der Waals surface area contributed by atoms with Crippen molar-refractivity contribution >= 4 is 12.4 Å². The second-order valence-electron chi connectivity index (χ2n) is 0.408. The van der Waals surface area contributed by atoms with Gasteiger partial charge in [0.2, 0.25) is 0 Å². The molecule has 0 aliphatic rings. The third kappa shape index (κ3) is 56.3. The highest BCUT2D eigenvalue weighted by molar-refractivity contribution is 5.85. The number of halogens is 1. The molecule has 1 nitrogen and oxygen atoms in total. The van der Waals surface area contributed by atoms with Crippen molar-refractivity contribution in [3.8, 4) is 0 Å². The molecule has 0 saturated heterocycles. The van der Waals surface area contributed by atoms with Crippen molar-refractivity contribution in [2.75, 3.05) is 6.54 Å². The quantitative estimate of drug-likeness (QED) is 0.420. The van der Waals surface area contributed by atoms with Gasteiger partial charge in [-0.3, -0.25) is 0 Å². The van der Waals surface area contributed by atoms with Gasteiger partial charge in [0.05, 0.1) is 0 Å². The highest BCUT2D eigenvalue weighted by atomic mass is 35.5. The first-order chi connectivity index (χ1) is 1.41. The van der Waals surface area contributed by atoms with Crippen LogP contribution in [0.5, 0.6) is 0 Å². The Bertz CT molecular complexity index is 6.00. The summed E-state index contributed by atoms with van der Waals surface area (Å²) < 4.78 is 0. The van der Waals surface area contributed by atoms with Crippen LogP contribution in [-0.4, -0.2) is 6.54 Å². The molecule has 0 bridgehead atoms. The van der Waals surface area contributed by atoms with E-state index in [0.717, 1.165) is 6.54 Å². The Labute approximate surface area is 32.6 Å². The molecule has 4 heavy (non-hydrogen) atoms. The van der Waals surface area contributed by atoms with Crippen molar-refractivity contribution in [1.29, 1.82) is 0 Å². The summed E-state index contributed by atoms with van der Waals surface area (Å²) >= 11 is 0. The molecule has 0 amide bonds. The largest absolute Gasteiger partial charge is 0.331 e. The van der Waals surface area contributed by atoms with Crippen molar-refractivity contribution in [1.82, 2.24) is 0 Å². The van der Waals surface area contributed by atoms with Crippen molar-refractivity contribution < 1.29 is 0 Å². The Morgan fingerprint density at radius 2 is 1.75 bits per heavy atom. The third-order valence-electron chi connectivity index (χ3n) is 0. The Morgan fingerprint density at radius 1 is 1.75 bits per heavy atom. The predicted molar refractivity (Wildman–Crippen MR) is 22.0 cm³/mol. The van der Waals surface area contributed by atoms with Gasteiger partial charge >= 0.3 is 0 Å². The fourth-order valence-electron chi connectivity index (χ4n) is 0. The monoisotopic (exact) mass is 82.0 g/mol. The van der Waals surface area contributed by atoms with E-state index in [0.29, 0.717) is 0 Å². The lowest BCUT2D eigenvalue weighted by Gasteiger charge is -1.53. The van der Waals surface area contributed by atoms with Gasteiger partial charge in [-0.1, -0.05) is 6.92 Å². The summed E-state index contributed by atoms with van der Waals surface area (Å²) in [6.45, 7) is 2.65. The molecule has 0 radical (unpaired) electrons. The lowest BCUT2D eigenvalue weighted by molar-refractivity contribution is 1.14. The summed E-state index contributed by atoms with van der Waals surface area (Å²) in [4.78, 5) is 0. The van der Waals surface area contributed by atoms with E-state index in [-0.39, 0.29) is 12.4 Å². The van der Waals surface area contributed by atoms with Gasteiger partial charge in [0.15, 0.2) is 0 Å². The van der Waals surface area contributed by atoms with Crippen LogP contribution in [0.1, 0.15) is 6.92 Å². The highest BCUT2D eigenvalue weighted by Crippen LogP contribution is 1.20. The Morgan fingerprint density at radius 3 is 1.75 bits per heavy atom. The topological polar surface area (TPSA) is 26.0 Å². The van der Waals surface area contributed by atoms with E-state index >= 15 is 0 Å². The van der Waals surface area contributed by atoms with Gasteiger partial charge in [-0.05, 0) is 6.54 Å². The first kappa shape index (κ1) is 8.87. The normalized spacial score (nSPS) is 4.50. The standard InChI is InChI=1S/C2H7N.ClH/c1-2-3;/h2-3H2,1H3;1H/i2+1;. The molecule has 0 aromatic heterocycles. The van der Waals surface area contributed by atoms with E-state index in [2.05, 4.69) is 0 Å². The molecule has 28 valence electrons. The molecule has 0 aliphatic carbocycles. The van der Waals surface area contributed by atoms with Crippen molar-refractivity contribution in [2.45, 2.75) is 6.92 Å². The predicted octanol–water partition coefficient (Wildman–Crippen LogP) is 0.387. The molecule has 0 atom stereocenters. The van der Waals surface area contributed by atoms with Crippen LogP contribution in [0.25, 0.3) is 0 Å². The van der Waals surface area contributed by atoms with Crippen LogP contribution < -0.4 is 5.73 Å². The fourth-order valence-corrected chi connectivity index (χ4v) is 0. The van der Waals surface area contributed by atoms with Gasteiger partial charge < -0.3 is 5.73 Å². The molecule has 0 aromatic carbocycles. The van der Waals surface area contributed by atoms with E-state index in [1.165, 1.54) is 0 Å². The average molecular weight is 82.5 g/mol. The minimum atomic E-state index is 0. The van der Waals surface area contributed by atoms with Crippen LogP contribution in [0.15, 0.2) is 0 Å². The Kier molecular flexibility index (Phi) is 23.3. The van der Waals surface area contributed by atoms with Gasteiger partial charge in [-0.2, -0.15) is 0 Å². The molecule has 0 aliphatic heterocycles. The minimum absolute atomic E-state index is 0. The van der Waals surface area contributed by atoms with Crippen LogP contribution in [-0.2, 0) is 0 Å². The van der Waals surface area contributed by atoms with Crippen LogP contribution in [0.4, 0.5) is 0 Å². The lowest BCUT2D eigenvalue weighted by Crippen LogP contribution is -1.87. The number of rotatable bonds is 0. The van der Waals surface area contributed by atoms with Gasteiger partial charge in [0, 0.05) is 0 Å². The van der Waals surface area contributed by atoms with Gasteiger partial charge in [-0.15, -0.1) is 12.4 Å². The summed E-state index contributed by atoms with van der Waals surface area (Å²) in [5, 5.41) is 0. The maximum Gasteiger partial charge on any atom is -0.0106 e. The van der Waals surface area contributed by atoms with E-state index in [1.807, 2.05) is 6.92 Å². The van der Waals surface area contributed by atoms with E-state index in [9.17, 15) is 0 Å². The highest BCUT2D eigenvalue weighted by Gasteiger charge is 1.32. The first-order valence-electron chi connectivity index (χ1n) is 1.12. The second kappa shape index (κ2) is 10.5. The molecular formula is C2H8ClN. The second-order valence-corrected chi connectivity index (χ2v) is 0.408. The van der Waals surface area contributed by atoms with Crippen LogP contribution >= 0.6 is 12.4 Å². The van der Waals surface area contributed by atoms with Crippen LogP contribution in [0.3, 0.4) is 0 Å². The fraction of sp³-hybridized carbons (Fsp3) is 1.00. The minimum Gasteiger partial charge on any atom is -0.331 e. The Hall–Kier alpha value is 0.250. The SMILES string of the molecule is C[13CH2]N.Cl. The zero-order valence-corrected chi connectivity index (χ0v) is 3.51. The van der Waals surface area contributed by atoms with E-state index < -0.39 is 0 Å². The number of nitrogens with two attached hydrogens (primary N) is 1. The summed E-state index contributed by atoms with van der Waals surface area (Å²) in [7, 11) is 0. The molecule has 0 fully saturated rings. The smallest absolute Gasteiger partial charge is 0.0106 e. The molecular weight excluding hydrogens is 74.5 g/mol. The molecule has 0 unspecified atom stereocenters. The maximum atomic E-state index is 4.85. The molecule has 2 N–H and O–H groups in total.